The number of rotatable bonds is 0. The van der Waals surface area contributed by atoms with Crippen molar-refractivity contribution in [1.29, 1.82) is 0 Å². The third kappa shape index (κ3) is 1.50. The van der Waals surface area contributed by atoms with Crippen LogP contribution >= 0.6 is 0 Å². The lowest BCUT2D eigenvalue weighted by Crippen LogP contribution is -2.54. The van der Waals surface area contributed by atoms with Gasteiger partial charge in [-0.1, -0.05) is 12.5 Å². The average molecular weight is 244 g/mol. The first-order chi connectivity index (χ1) is 8.83. The topological polar surface area (TPSA) is 25.2 Å². The number of hydrogen-bond acceptors (Lipinski definition) is 2. The van der Waals surface area contributed by atoms with Crippen LogP contribution in [0.5, 0.6) is 0 Å². The van der Waals surface area contributed by atoms with E-state index in [0.29, 0.717) is 11.8 Å². The summed E-state index contributed by atoms with van der Waals surface area (Å²) in [5, 5.41) is 0. The van der Waals surface area contributed by atoms with Gasteiger partial charge in [-0.2, -0.15) is 0 Å². The van der Waals surface area contributed by atoms with Crippen LogP contribution in [-0.4, -0.2) is 28.6 Å². The van der Waals surface area contributed by atoms with Crippen molar-refractivity contribution in [2.24, 2.45) is 5.92 Å². The number of fused-ring (bicyclic) bond motifs is 6. The smallest absolute Gasteiger partial charge is 0.250 e. The molecule has 3 heteroatoms. The Bertz CT molecular complexity index is 521. The summed E-state index contributed by atoms with van der Waals surface area (Å²) in [6.45, 7) is 3.39. The SMILES string of the molecule is O=c1cccc2n1C[C@@H]1C[C@@H]2CN2CCCC[C@@H]12. The third-order valence-electron chi connectivity index (χ3n) is 5.17. The van der Waals surface area contributed by atoms with Crippen LogP contribution in [0.1, 0.15) is 37.3 Å². The molecule has 2 saturated heterocycles. The number of aromatic nitrogens is 1. The van der Waals surface area contributed by atoms with E-state index in [4.69, 9.17) is 0 Å². The molecule has 0 unspecified atom stereocenters. The number of piperidine rings is 2. The molecule has 0 radical (unpaired) electrons. The molecule has 1 aromatic rings. The molecule has 3 nitrogen and oxygen atoms in total. The van der Waals surface area contributed by atoms with E-state index in [1.54, 1.807) is 6.07 Å². The molecule has 0 aromatic carbocycles. The van der Waals surface area contributed by atoms with Gasteiger partial charge in [0, 0.05) is 36.8 Å². The number of pyridine rings is 1. The van der Waals surface area contributed by atoms with E-state index in [0.717, 1.165) is 12.6 Å². The van der Waals surface area contributed by atoms with Crippen LogP contribution in [0.3, 0.4) is 0 Å². The molecule has 2 fully saturated rings. The second-order valence-corrected chi connectivity index (χ2v) is 6.15. The minimum Gasteiger partial charge on any atom is -0.312 e. The lowest BCUT2D eigenvalue weighted by molar-refractivity contribution is 0.0248. The fraction of sp³-hybridized carbons (Fsp3) is 0.667. The molecule has 3 atom stereocenters. The summed E-state index contributed by atoms with van der Waals surface area (Å²) in [7, 11) is 0. The number of nitrogens with zero attached hydrogens (tertiary/aromatic N) is 2. The molecule has 18 heavy (non-hydrogen) atoms. The van der Waals surface area contributed by atoms with Crippen molar-refractivity contribution in [1.82, 2.24) is 9.47 Å². The molecule has 0 aliphatic carbocycles. The van der Waals surface area contributed by atoms with E-state index in [9.17, 15) is 4.79 Å². The van der Waals surface area contributed by atoms with E-state index in [2.05, 4.69) is 11.0 Å². The quantitative estimate of drug-likeness (QED) is 0.695. The fourth-order valence-electron chi connectivity index (χ4n) is 4.39. The van der Waals surface area contributed by atoms with E-state index >= 15 is 0 Å². The van der Waals surface area contributed by atoms with Crippen LogP contribution in [0.4, 0.5) is 0 Å². The summed E-state index contributed by atoms with van der Waals surface area (Å²) < 4.78 is 2.05. The molecular weight excluding hydrogens is 224 g/mol. The maximum atomic E-state index is 12.0. The van der Waals surface area contributed by atoms with Gasteiger partial charge in [-0.3, -0.25) is 9.69 Å². The lowest BCUT2D eigenvalue weighted by Gasteiger charge is -2.50. The zero-order chi connectivity index (χ0) is 12.1. The minimum atomic E-state index is 0.200. The molecule has 2 bridgehead atoms. The predicted octanol–water partition coefficient (Wildman–Crippen LogP) is 1.82. The van der Waals surface area contributed by atoms with Gasteiger partial charge in [0.25, 0.3) is 5.56 Å². The highest BCUT2D eigenvalue weighted by molar-refractivity contribution is 5.18. The van der Waals surface area contributed by atoms with Crippen LogP contribution in [0.2, 0.25) is 0 Å². The average Bonchev–Trinajstić information content (AvgIpc) is 2.40. The summed E-state index contributed by atoms with van der Waals surface area (Å²) in [5.74, 6) is 1.30. The summed E-state index contributed by atoms with van der Waals surface area (Å²) in [6, 6.07) is 6.54. The Hall–Kier alpha value is -1.09. The van der Waals surface area contributed by atoms with Crippen LogP contribution in [-0.2, 0) is 6.54 Å². The van der Waals surface area contributed by atoms with Gasteiger partial charge in [0.1, 0.15) is 0 Å². The summed E-state index contributed by atoms with van der Waals surface area (Å²) in [5.41, 5.74) is 1.48. The highest BCUT2D eigenvalue weighted by atomic mass is 16.1. The molecule has 4 rings (SSSR count). The maximum absolute atomic E-state index is 12.0. The summed E-state index contributed by atoms with van der Waals surface area (Å²) in [4.78, 5) is 14.7. The van der Waals surface area contributed by atoms with E-state index in [1.807, 2.05) is 10.6 Å². The standard InChI is InChI=1S/C15H20N2O/c18-15-6-3-5-14-11-8-12(10-17(14)15)13-4-1-2-7-16(13)9-11/h3,5-6,11-13H,1-2,4,7-10H2/t11-,12+,13+/m1/s1. The van der Waals surface area contributed by atoms with Crippen LogP contribution in [0.25, 0.3) is 0 Å². The zero-order valence-corrected chi connectivity index (χ0v) is 10.7. The Morgan fingerprint density at radius 2 is 2.11 bits per heavy atom. The van der Waals surface area contributed by atoms with Gasteiger partial charge < -0.3 is 4.57 Å². The Labute approximate surface area is 107 Å². The maximum Gasteiger partial charge on any atom is 0.250 e. The molecule has 0 amide bonds. The largest absolute Gasteiger partial charge is 0.312 e. The molecule has 1 aromatic heterocycles. The van der Waals surface area contributed by atoms with Crippen molar-refractivity contribution in [3.63, 3.8) is 0 Å². The molecule has 0 saturated carbocycles. The first-order valence-electron chi connectivity index (χ1n) is 7.27. The number of hydrogen-bond donors (Lipinski definition) is 0. The van der Waals surface area contributed by atoms with E-state index in [1.165, 1.54) is 44.5 Å². The van der Waals surface area contributed by atoms with Gasteiger partial charge in [0.05, 0.1) is 0 Å². The Kier molecular flexibility index (Phi) is 2.37. The van der Waals surface area contributed by atoms with Gasteiger partial charge in [-0.25, -0.2) is 0 Å². The predicted molar refractivity (Wildman–Crippen MR) is 70.8 cm³/mol. The molecular formula is C15H20N2O. The highest BCUT2D eigenvalue weighted by Gasteiger charge is 2.41. The highest BCUT2D eigenvalue weighted by Crippen LogP contribution is 2.41. The Morgan fingerprint density at radius 3 is 3.06 bits per heavy atom. The van der Waals surface area contributed by atoms with Gasteiger partial charge >= 0.3 is 0 Å². The third-order valence-corrected chi connectivity index (χ3v) is 5.17. The lowest BCUT2D eigenvalue weighted by atomic mass is 9.75. The zero-order valence-electron chi connectivity index (χ0n) is 10.7. The van der Waals surface area contributed by atoms with Gasteiger partial charge in [0.15, 0.2) is 0 Å². The second-order valence-electron chi connectivity index (χ2n) is 6.15. The van der Waals surface area contributed by atoms with Gasteiger partial charge in [-0.15, -0.1) is 0 Å². The van der Waals surface area contributed by atoms with E-state index < -0.39 is 0 Å². The summed E-state index contributed by atoms with van der Waals surface area (Å²) in [6.07, 6.45) is 5.37. The van der Waals surface area contributed by atoms with Crippen LogP contribution in [0.15, 0.2) is 23.0 Å². The normalized spacial score (nSPS) is 34.8. The van der Waals surface area contributed by atoms with Crippen molar-refractivity contribution < 1.29 is 0 Å². The second kappa shape index (κ2) is 3.95. The van der Waals surface area contributed by atoms with Gasteiger partial charge in [-0.05, 0) is 37.8 Å². The summed E-state index contributed by atoms with van der Waals surface area (Å²) >= 11 is 0. The Morgan fingerprint density at radius 1 is 1.17 bits per heavy atom. The van der Waals surface area contributed by atoms with Crippen molar-refractivity contribution in [2.45, 2.75) is 44.2 Å². The minimum absolute atomic E-state index is 0.200. The molecule has 0 spiro atoms. The van der Waals surface area contributed by atoms with Crippen molar-refractivity contribution in [2.75, 3.05) is 13.1 Å². The first-order valence-corrected chi connectivity index (χ1v) is 7.27. The van der Waals surface area contributed by atoms with E-state index in [-0.39, 0.29) is 5.56 Å². The molecule has 3 aliphatic heterocycles. The fourth-order valence-corrected chi connectivity index (χ4v) is 4.39. The molecule has 0 N–H and O–H groups in total. The van der Waals surface area contributed by atoms with Crippen molar-refractivity contribution in [3.05, 3.63) is 34.2 Å². The Balaban J connectivity index is 1.76. The molecule has 4 heterocycles. The van der Waals surface area contributed by atoms with Crippen molar-refractivity contribution in [3.8, 4) is 0 Å². The van der Waals surface area contributed by atoms with Crippen molar-refractivity contribution >= 4 is 0 Å². The first kappa shape index (κ1) is 10.8. The molecule has 96 valence electrons. The van der Waals surface area contributed by atoms with Crippen LogP contribution < -0.4 is 5.56 Å². The molecule has 3 aliphatic rings. The van der Waals surface area contributed by atoms with Crippen LogP contribution in [0, 0.1) is 5.92 Å². The van der Waals surface area contributed by atoms with Gasteiger partial charge in [0.2, 0.25) is 0 Å². The monoisotopic (exact) mass is 244 g/mol.